The molecule has 2 heterocycles. The van der Waals surface area contributed by atoms with Gasteiger partial charge in [-0.05, 0) is 0 Å². The molecule has 1 unspecified atom stereocenters. The number of carbonyl (C=O) groups excluding carboxylic acids is 1. The Kier molecular flexibility index (Phi) is 1.37. The molecule has 2 aliphatic rings. The van der Waals surface area contributed by atoms with Crippen LogP contribution >= 0.6 is 11.8 Å². The van der Waals surface area contributed by atoms with E-state index in [4.69, 9.17) is 11.5 Å². The van der Waals surface area contributed by atoms with Gasteiger partial charge in [-0.15, -0.1) is 11.8 Å². The fourth-order valence-electron chi connectivity index (χ4n) is 1.23. The quantitative estimate of drug-likeness (QED) is 0.460. The standard InChI is InChI=1S/C6H9N3OS/c7-3-1-9-5(10)4(8)6(9)11-2-3/h1,4,6H,2,7-8H2/t4?,6-/m1/s1. The smallest absolute Gasteiger partial charge is 0.247 e. The Bertz CT molecular complexity index is 240. The first-order valence-corrected chi connectivity index (χ1v) is 4.40. The monoisotopic (exact) mass is 171 g/mol. The van der Waals surface area contributed by atoms with Gasteiger partial charge in [0.05, 0.1) is 0 Å². The average Bonchev–Trinajstić information content (AvgIpc) is 2.03. The molecule has 2 rings (SSSR count). The second-order valence-electron chi connectivity index (χ2n) is 2.68. The summed E-state index contributed by atoms with van der Waals surface area (Å²) in [5.74, 6) is 0.757. The third-order valence-electron chi connectivity index (χ3n) is 1.85. The Morgan fingerprint density at radius 2 is 2.45 bits per heavy atom. The predicted octanol–water partition coefficient (Wildman–Crippen LogP) is -0.971. The van der Waals surface area contributed by atoms with Crippen LogP contribution in [0.15, 0.2) is 11.9 Å². The van der Waals surface area contributed by atoms with Crippen molar-refractivity contribution < 1.29 is 4.79 Å². The summed E-state index contributed by atoms with van der Waals surface area (Å²) in [4.78, 5) is 12.6. The van der Waals surface area contributed by atoms with E-state index in [1.54, 1.807) is 22.9 Å². The molecule has 4 nitrogen and oxygen atoms in total. The van der Waals surface area contributed by atoms with Crippen LogP contribution in [-0.2, 0) is 4.79 Å². The number of rotatable bonds is 0. The third kappa shape index (κ3) is 0.844. The molecule has 4 N–H and O–H groups in total. The van der Waals surface area contributed by atoms with Crippen molar-refractivity contribution in [1.82, 2.24) is 4.90 Å². The number of nitrogens with two attached hydrogens (primary N) is 2. The van der Waals surface area contributed by atoms with Gasteiger partial charge in [0, 0.05) is 17.6 Å². The highest BCUT2D eigenvalue weighted by Crippen LogP contribution is 2.33. The SMILES string of the molecule is NC1=CN2C(=O)C(N)[C@H]2SC1. The minimum Gasteiger partial charge on any atom is -0.400 e. The van der Waals surface area contributed by atoms with Gasteiger partial charge >= 0.3 is 0 Å². The van der Waals surface area contributed by atoms with Gasteiger partial charge in [0.2, 0.25) is 5.91 Å². The molecule has 0 aliphatic carbocycles. The Labute approximate surface area is 68.6 Å². The van der Waals surface area contributed by atoms with Crippen molar-refractivity contribution in [3.05, 3.63) is 11.9 Å². The molecule has 1 amide bonds. The van der Waals surface area contributed by atoms with Gasteiger partial charge in [0.15, 0.2) is 0 Å². The summed E-state index contributed by atoms with van der Waals surface area (Å²) >= 11 is 1.62. The van der Waals surface area contributed by atoms with Crippen LogP contribution in [0.4, 0.5) is 0 Å². The van der Waals surface area contributed by atoms with E-state index in [0.717, 1.165) is 11.4 Å². The summed E-state index contributed by atoms with van der Waals surface area (Å²) < 4.78 is 0. The predicted molar refractivity (Wildman–Crippen MR) is 43.3 cm³/mol. The van der Waals surface area contributed by atoms with E-state index in [9.17, 15) is 4.79 Å². The van der Waals surface area contributed by atoms with Gasteiger partial charge in [0.1, 0.15) is 11.4 Å². The summed E-state index contributed by atoms with van der Waals surface area (Å²) in [7, 11) is 0. The van der Waals surface area contributed by atoms with Gasteiger partial charge in [-0.25, -0.2) is 0 Å². The lowest BCUT2D eigenvalue weighted by molar-refractivity contribution is -0.140. The Balaban J connectivity index is 2.20. The first kappa shape index (κ1) is 7.00. The molecule has 0 bridgehead atoms. The van der Waals surface area contributed by atoms with E-state index in [2.05, 4.69) is 0 Å². The van der Waals surface area contributed by atoms with Crippen LogP contribution < -0.4 is 11.5 Å². The third-order valence-corrected chi connectivity index (χ3v) is 3.21. The highest BCUT2D eigenvalue weighted by Gasteiger charge is 2.45. The zero-order chi connectivity index (χ0) is 8.01. The number of fused-ring (bicyclic) bond motifs is 1. The van der Waals surface area contributed by atoms with Crippen LogP contribution in [-0.4, -0.2) is 28.0 Å². The fraction of sp³-hybridized carbons (Fsp3) is 0.500. The van der Waals surface area contributed by atoms with Crippen molar-refractivity contribution >= 4 is 17.7 Å². The van der Waals surface area contributed by atoms with Crippen LogP contribution in [0.2, 0.25) is 0 Å². The van der Waals surface area contributed by atoms with Crippen molar-refractivity contribution in [2.75, 3.05) is 5.75 Å². The Hall–Kier alpha value is -0.680. The van der Waals surface area contributed by atoms with Gasteiger partial charge in [-0.2, -0.15) is 0 Å². The Morgan fingerprint density at radius 1 is 1.73 bits per heavy atom. The lowest BCUT2D eigenvalue weighted by atomic mass is 10.1. The van der Waals surface area contributed by atoms with Gasteiger partial charge < -0.3 is 16.4 Å². The molecule has 0 aromatic heterocycles. The maximum atomic E-state index is 11.0. The first-order chi connectivity index (χ1) is 5.20. The molecule has 2 atom stereocenters. The number of carbonyl (C=O) groups is 1. The summed E-state index contributed by atoms with van der Waals surface area (Å²) in [6, 6.07) is -0.315. The second-order valence-corrected chi connectivity index (χ2v) is 3.78. The van der Waals surface area contributed by atoms with Crippen LogP contribution in [0.25, 0.3) is 0 Å². The largest absolute Gasteiger partial charge is 0.400 e. The molecule has 0 aromatic carbocycles. The van der Waals surface area contributed by atoms with Gasteiger partial charge in [0.25, 0.3) is 0 Å². The Morgan fingerprint density at radius 3 is 3.18 bits per heavy atom. The summed E-state index contributed by atoms with van der Waals surface area (Å²) in [5.41, 5.74) is 11.8. The molecule has 60 valence electrons. The van der Waals surface area contributed by atoms with Crippen molar-refractivity contribution in [2.45, 2.75) is 11.4 Å². The van der Waals surface area contributed by atoms with Crippen LogP contribution in [0.5, 0.6) is 0 Å². The normalized spacial score (nSPS) is 35.9. The van der Waals surface area contributed by atoms with Crippen LogP contribution in [0.1, 0.15) is 0 Å². The van der Waals surface area contributed by atoms with E-state index >= 15 is 0 Å². The highest BCUT2D eigenvalue weighted by atomic mass is 32.2. The molecular weight excluding hydrogens is 162 g/mol. The molecule has 0 radical (unpaired) electrons. The molecule has 0 saturated carbocycles. The van der Waals surface area contributed by atoms with E-state index in [1.807, 2.05) is 0 Å². The van der Waals surface area contributed by atoms with E-state index in [1.165, 1.54) is 0 Å². The molecule has 11 heavy (non-hydrogen) atoms. The number of β-lactam (4-membered cyclic amide) rings is 1. The maximum Gasteiger partial charge on any atom is 0.247 e. The van der Waals surface area contributed by atoms with Crippen molar-refractivity contribution in [3.63, 3.8) is 0 Å². The number of hydrogen-bond donors (Lipinski definition) is 2. The molecule has 2 aliphatic heterocycles. The average molecular weight is 171 g/mol. The minimum atomic E-state index is -0.315. The molecule has 5 heteroatoms. The van der Waals surface area contributed by atoms with Crippen molar-refractivity contribution in [3.8, 4) is 0 Å². The van der Waals surface area contributed by atoms with Crippen LogP contribution in [0.3, 0.4) is 0 Å². The summed E-state index contributed by atoms with van der Waals surface area (Å²) in [6.07, 6.45) is 1.69. The topological polar surface area (TPSA) is 72.3 Å². The second kappa shape index (κ2) is 2.15. The lowest BCUT2D eigenvalue weighted by Crippen LogP contribution is -2.66. The summed E-state index contributed by atoms with van der Waals surface area (Å²) in [5, 5.41) is 0.134. The van der Waals surface area contributed by atoms with Gasteiger partial charge in [-0.3, -0.25) is 4.79 Å². The van der Waals surface area contributed by atoms with Crippen molar-refractivity contribution in [1.29, 1.82) is 0 Å². The number of nitrogens with zero attached hydrogens (tertiary/aromatic N) is 1. The van der Waals surface area contributed by atoms with E-state index in [-0.39, 0.29) is 17.3 Å². The molecule has 1 saturated heterocycles. The number of amides is 1. The van der Waals surface area contributed by atoms with Gasteiger partial charge in [-0.1, -0.05) is 0 Å². The molecule has 0 spiro atoms. The molecule has 0 aromatic rings. The zero-order valence-electron chi connectivity index (χ0n) is 5.86. The van der Waals surface area contributed by atoms with Crippen molar-refractivity contribution in [2.24, 2.45) is 11.5 Å². The lowest BCUT2D eigenvalue weighted by Gasteiger charge is -2.45. The zero-order valence-corrected chi connectivity index (χ0v) is 6.67. The van der Waals surface area contributed by atoms with E-state index in [0.29, 0.717) is 0 Å². The molecule has 1 fully saturated rings. The number of hydrogen-bond acceptors (Lipinski definition) is 4. The fourth-order valence-corrected chi connectivity index (χ4v) is 2.32. The summed E-state index contributed by atoms with van der Waals surface area (Å²) in [6.45, 7) is 0. The molecular formula is C6H9N3OS. The number of thioether (sulfide) groups is 1. The minimum absolute atomic E-state index is 0.0230. The first-order valence-electron chi connectivity index (χ1n) is 3.35. The maximum absolute atomic E-state index is 11.0. The van der Waals surface area contributed by atoms with Crippen LogP contribution in [0, 0.1) is 0 Å². The van der Waals surface area contributed by atoms with E-state index < -0.39 is 0 Å². The highest BCUT2D eigenvalue weighted by molar-refractivity contribution is 8.00.